The van der Waals surface area contributed by atoms with Crippen molar-refractivity contribution in [2.75, 3.05) is 0 Å². The van der Waals surface area contributed by atoms with Crippen molar-refractivity contribution in [1.82, 2.24) is 9.78 Å². The molecule has 0 saturated carbocycles. The smallest absolute Gasteiger partial charge is 0.258 e. The Labute approximate surface area is 83.9 Å². The summed E-state index contributed by atoms with van der Waals surface area (Å²) in [6.07, 6.45) is 0.891. The summed E-state index contributed by atoms with van der Waals surface area (Å²) >= 11 is 0. The van der Waals surface area contributed by atoms with Crippen molar-refractivity contribution in [3.63, 3.8) is 0 Å². The second-order valence-corrected chi connectivity index (χ2v) is 2.83. The number of hydrogen-bond donors (Lipinski definition) is 0. The number of hydrogen-bond acceptors (Lipinski definition) is 3. The fourth-order valence-electron chi connectivity index (χ4n) is 1.20. The number of para-hydroxylation sites is 1. The predicted molar refractivity (Wildman–Crippen MR) is 50.2 cm³/mol. The molecule has 0 fully saturated rings. The summed E-state index contributed by atoms with van der Waals surface area (Å²) in [6.45, 7) is 0. The number of rotatable bonds is 2. The zero-order chi connectivity index (χ0) is 10.8. The van der Waals surface area contributed by atoms with Gasteiger partial charge in [-0.2, -0.15) is 9.49 Å². The quantitative estimate of drug-likeness (QED) is 0.558. The fraction of sp³-hybridized carbons (Fsp3) is 0. The minimum atomic E-state index is -0.966. The maximum Gasteiger partial charge on any atom is 0.343 e. The van der Waals surface area contributed by atoms with E-state index in [4.69, 9.17) is 0 Å². The summed E-state index contributed by atoms with van der Waals surface area (Å²) in [4.78, 5) is 9.57. The van der Waals surface area contributed by atoms with Crippen molar-refractivity contribution >= 4 is 5.69 Å². The van der Waals surface area contributed by atoms with E-state index in [-0.39, 0.29) is 0 Å². The molecule has 0 N–H and O–H groups in total. The molecular weight excluding hydrogens is 201 g/mol. The number of halogens is 1. The van der Waals surface area contributed by atoms with Gasteiger partial charge in [-0.15, -0.1) is 0 Å². The zero-order valence-electron chi connectivity index (χ0n) is 7.50. The maximum atomic E-state index is 13.4. The Balaban J connectivity index is 2.52. The lowest BCUT2D eigenvalue weighted by molar-refractivity contribution is -0.387. The highest BCUT2D eigenvalue weighted by Gasteiger charge is 2.20. The Morgan fingerprint density at radius 3 is 2.53 bits per heavy atom. The summed E-state index contributed by atoms with van der Waals surface area (Å²) in [5.74, 6) is -0.966. The van der Waals surface area contributed by atoms with Gasteiger partial charge in [0.15, 0.2) is 0 Å². The minimum Gasteiger partial charge on any atom is -0.258 e. The monoisotopic (exact) mass is 207 g/mol. The van der Waals surface area contributed by atoms with Crippen LogP contribution in [-0.2, 0) is 0 Å². The van der Waals surface area contributed by atoms with Crippen LogP contribution in [0.2, 0.25) is 0 Å². The van der Waals surface area contributed by atoms with Gasteiger partial charge in [-0.05, 0) is 12.1 Å². The average Bonchev–Trinajstić information content (AvgIpc) is 2.61. The molecule has 0 unspecified atom stereocenters. The van der Waals surface area contributed by atoms with Crippen LogP contribution in [0.5, 0.6) is 0 Å². The van der Waals surface area contributed by atoms with Crippen LogP contribution in [0.4, 0.5) is 10.1 Å². The van der Waals surface area contributed by atoms with E-state index >= 15 is 0 Å². The summed E-state index contributed by atoms with van der Waals surface area (Å²) < 4.78 is 14.3. The predicted octanol–water partition coefficient (Wildman–Crippen LogP) is 1.92. The van der Waals surface area contributed by atoms with Crippen molar-refractivity contribution in [2.45, 2.75) is 0 Å². The SMILES string of the molecule is O=[N+]([O-])c1cnn(-c2ccccc2)c1F. The fourth-order valence-corrected chi connectivity index (χ4v) is 1.20. The number of nitrogens with zero attached hydrogens (tertiary/aromatic N) is 3. The molecule has 0 bridgehead atoms. The first-order valence-electron chi connectivity index (χ1n) is 4.13. The summed E-state index contributed by atoms with van der Waals surface area (Å²) in [7, 11) is 0. The molecule has 0 aliphatic rings. The van der Waals surface area contributed by atoms with Gasteiger partial charge in [0.25, 0.3) is 5.95 Å². The van der Waals surface area contributed by atoms with Crippen LogP contribution < -0.4 is 0 Å². The third-order valence-electron chi connectivity index (χ3n) is 1.89. The van der Waals surface area contributed by atoms with Crippen molar-refractivity contribution in [1.29, 1.82) is 0 Å². The topological polar surface area (TPSA) is 61.0 Å². The van der Waals surface area contributed by atoms with Crippen LogP contribution in [-0.4, -0.2) is 14.7 Å². The van der Waals surface area contributed by atoms with E-state index in [1.807, 2.05) is 0 Å². The standard InChI is InChI=1S/C9H6FN3O2/c10-9-8(13(14)15)6-11-12(9)7-4-2-1-3-5-7/h1-6H. The lowest BCUT2D eigenvalue weighted by atomic mass is 10.3. The van der Waals surface area contributed by atoms with Crippen LogP contribution in [0, 0.1) is 16.1 Å². The molecular formula is C9H6FN3O2. The van der Waals surface area contributed by atoms with Gasteiger partial charge in [0.05, 0.1) is 10.6 Å². The molecule has 0 radical (unpaired) electrons. The Kier molecular flexibility index (Phi) is 2.17. The molecule has 1 aromatic heterocycles. The second kappa shape index (κ2) is 3.49. The molecule has 2 aromatic rings. The molecule has 0 saturated heterocycles. The summed E-state index contributed by atoms with van der Waals surface area (Å²) in [5, 5.41) is 14.0. The molecule has 1 heterocycles. The Morgan fingerprint density at radius 2 is 2.00 bits per heavy atom. The normalized spacial score (nSPS) is 10.2. The van der Waals surface area contributed by atoms with Crippen molar-refractivity contribution in [3.8, 4) is 5.69 Å². The lowest BCUT2D eigenvalue weighted by Crippen LogP contribution is -2.00. The Bertz CT molecular complexity index is 495. The van der Waals surface area contributed by atoms with Crippen LogP contribution in [0.3, 0.4) is 0 Å². The third-order valence-corrected chi connectivity index (χ3v) is 1.89. The molecule has 0 spiro atoms. The highest BCUT2D eigenvalue weighted by molar-refractivity contribution is 5.35. The van der Waals surface area contributed by atoms with E-state index < -0.39 is 16.6 Å². The second-order valence-electron chi connectivity index (χ2n) is 2.83. The van der Waals surface area contributed by atoms with E-state index in [0.717, 1.165) is 10.9 Å². The lowest BCUT2D eigenvalue weighted by Gasteiger charge is -1.99. The molecule has 0 atom stereocenters. The van der Waals surface area contributed by atoms with Gasteiger partial charge in [0.2, 0.25) is 0 Å². The van der Waals surface area contributed by atoms with E-state index in [9.17, 15) is 14.5 Å². The largest absolute Gasteiger partial charge is 0.343 e. The molecule has 15 heavy (non-hydrogen) atoms. The maximum absolute atomic E-state index is 13.4. The van der Waals surface area contributed by atoms with E-state index in [1.54, 1.807) is 30.3 Å². The van der Waals surface area contributed by atoms with E-state index in [0.29, 0.717) is 5.69 Å². The molecule has 1 aromatic carbocycles. The summed E-state index contributed by atoms with van der Waals surface area (Å²) in [5.41, 5.74) is -0.179. The zero-order valence-corrected chi connectivity index (χ0v) is 7.50. The molecule has 0 amide bonds. The van der Waals surface area contributed by atoms with Gasteiger partial charge < -0.3 is 0 Å². The first-order valence-corrected chi connectivity index (χ1v) is 4.13. The van der Waals surface area contributed by atoms with Gasteiger partial charge in [0, 0.05) is 0 Å². The Hall–Kier alpha value is -2.24. The molecule has 0 aliphatic heterocycles. The average molecular weight is 207 g/mol. The molecule has 6 heteroatoms. The first kappa shape index (κ1) is 9.32. The third kappa shape index (κ3) is 1.56. The van der Waals surface area contributed by atoms with Crippen LogP contribution in [0.15, 0.2) is 36.5 Å². The molecule has 76 valence electrons. The van der Waals surface area contributed by atoms with Crippen molar-refractivity contribution < 1.29 is 9.31 Å². The highest BCUT2D eigenvalue weighted by Crippen LogP contribution is 2.18. The number of benzene rings is 1. The summed E-state index contributed by atoms with van der Waals surface area (Å²) in [6, 6.07) is 8.38. The van der Waals surface area contributed by atoms with Gasteiger partial charge in [0.1, 0.15) is 6.20 Å². The molecule has 0 aliphatic carbocycles. The van der Waals surface area contributed by atoms with E-state index in [2.05, 4.69) is 5.10 Å². The molecule has 2 rings (SSSR count). The number of nitro groups is 1. The Morgan fingerprint density at radius 1 is 1.33 bits per heavy atom. The van der Waals surface area contributed by atoms with Crippen molar-refractivity contribution in [3.05, 3.63) is 52.6 Å². The first-order chi connectivity index (χ1) is 7.20. The van der Waals surface area contributed by atoms with Crippen molar-refractivity contribution in [2.24, 2.45) is 0 Å². The van der Waals surface area contributed by atoms with Crippen LogP contribution in [0.1, 0.15) is 0 Å². The minimum absolute atomic E-state index is 0.447. The van der Waals surface area contributed by atoms with Gasteiger partial charge >= 0.3 is 5.69 Å². The van der Waals surface area contributed by atoms with Gasteiger partial charge in [-0.3, -0.25) is 10.1 Å². The highest BCUT2D eigenvalue weighted by atomic mass is 19.1. The number of aromatic nitrogens is 2. The van der Waals surface area contributed by atoms with Crippen LogP contribution in [0.25, 0.3) is 5.69 Å². The van der Waals surface area contributed by atoms with Crippen LogP contribution >= 0.6 is 0 Å². The van der Waals surface area contributed by atoms with Gasteiger partial charge in [-0.25, -0.2) is 4.68 Å². The van der Waals surface area contributed by atoms with Gasteiger partial charge in [-0.1, -0.05) is 18.2 Å². The van der Waals surface area contributed by atoms with E-state index in [1.165, 1.54) is 0 Å². The molecule has 5 nitrogen and oxygen atoms in total.